The van der Waals surface area contributed by atoms with Gasteiger partial charge in [0.15, 0.2) is 0 Å². The van der Waals surface area contributed by atoms with Gasteiger partial charge in [-0.1, -0.05) is 64.1 Å². The molecule has 2 aromatic rings. The highest BCUT2D eigenvalue weighted by atomic mass is 14.8. The Morgan fingerprint density at radius 1 is 0.739 bits per heavy atom. The molecule has 0 heterocycles. The molecule has 2 nitrogen and oxygen atoms in total. The summed E-state index contributed by atoms with van der Waals surface area (Å²) in [5.41, 5.74) is 4.44. The van der Waals surface area contributed by atoms with Crippen LogP contribution >= 0.6 is 0 Å². The highest BCUT2D eigenvalue weighted by Crippen LogP contribution is 2.30. The molecule has 2 rings (SSSR count). The van der Waals surface area contributed by atoms with Crippen LogP contribution in [0.4, 0.5) is 11.4 Å². The molecule has 0 saturated heterocycles. The molecule has 0 bridgehead atoms. The van der Waals surface area contributed by atoms with Crippen molar-refractivity contribution in [2.45, 2.75) is 52.4 Å². The third kappa shape index (κ3) is 4.40. The molecule has 23 heavy (non-hydrogen) atoms. The van der Waals surface area contributed by atoms with Crippen LogP contribution in [-0.2, 0) is 0 Å². The Morgan fingerprint density at radius 3 is 1.52 bits per heavy atom. The number of hydrogen-bond acceptors (Lipinski definition) is 2. The molecule has 2 atom stereocenters. The monoisotopic (exact) mass is 306 g/mol. The molecule has 120 valence electrons. The van der Waals surface area contributed by atoms with E-state index in [1.54, 1.807) is 0 Å². The van der Waals surface area contributed by atoms with Gasteiger partial charge in [-0.3, -0.25) is 0 Å². The highest BCUT2D eigenvalue weighted by Gasteiger charge is 2.08. The second-order valence-electron chi connectivity index (χ2n) is 6.06. The summed E-state index contributed by atoms with van der Waals surface area (Å²) >= 11 is 0. The number of aliphatic imine (C=N–C) groups is 2. The average Bonchev–Trinajstić information content (AvgIpc) is 2.61. The number of hydrogen-bond donors (Lipinski definition) is 0. The normalized spacial score (nSPS) is 13.0. The van der Waals surface area contributed by atoms with E-state index in [-0.39, 0.29) is 0 Å². The van der Waals surface area contributed by atoms with Gasteiger partial charge in [-0.05, 0) is 47.9 Å². The summed E-state index contributed by atoms with van der Waals surface area (Å²) in [7, 11) is 0. The van der Waals surface area contributed by atoms with Crippen LogP contribution in [-0.4, -0.2) is 6.01 Å². The van der Waals surface area contributed by atoms with Crippen molar-refractivity contribution in [2.75, 3.05) is 0 Å². The predicted molar refractivity (Wildman–Crippen MR) is 99.5 cm³/mol. The fourth-order valence-corrected chi connectivity index (χ4v) is 2.58. The van der Waals surface area contributed by atoms with Crippen molar-refractivity contribution in [1.82, 2.24) is 0 Å². The first-order valence-corrected chi connectivity index (χ1v) is 8.51. The van der Waals surface area contributed by atoms with Gasteiger partial charge in [-0.2, -0.15) is 9.98 Å². The summed E-state index contributed by atoms with van der Waals surface area (Å²) in [6.07, 6.45) is 2.20. The maximum atomic E-state index is 4.48. The van der Waals surface area contributed by atoms with Crippen molar-refractivity contribution in [2.24, 2.45) is 9.98 Å². The molecule has 2 heteroatoms. The van der Waals surface area contributed by atoms with E-state index in [4.69, 9.17) is 0 Å². The van der Waals surface area contributed by atoms with Crippen molar-refractivity contribution in [3.05, 3.63) is 59.7 Å². The Morgan fingerprint density at radius 2 is 1.13 bits per heavy atom. The van der Waals surface area contributed by atoms with E-state index >= 15 is 0 Å². The van der Waals surface area contributed by atoms with Crippen LogP contribution in [0, 0.1) is 0 Å². The quantitative estimate of drug-likeness (QED) is 0.521. The predicted octanol–water partition coefficient (Wildman–Crippen LogP) is 6.85. The van der Waals surface area contributed by atoms with E-state index in [9.17, 15) is 0 Å². The topological polar surface area (TPSA) is 24.7 Å². The van der Waals surface area contributed by atoms with Crippen molar-refractivity contribution in [1.29, 1.82) is 0 Å². The minimum absolute atomic E-state index is 0.490. The van der Waals surface area contributed by atoms with Gasteiger partial charge in [0.05, 0.1) is 11.4 Å². The number of para-hydroxylation sites is 2. The fourth-order valence-electron chi connectivity index (χ4n) is 2.58. The van der Waals surface area contributed by atoms with Crippen molar-refractivity contribution in [3.63, 3.8) is 0 Å². The zero-order valence-corrected chi connectivity index (χ0v) is 14.6. The lowest BCUT2D eigenvalue weighted by Gasteiger charge is -2.11. The van der Waals surface area contributed by atoms with E-state index < -0.39 is 0 Å². The third-order valence-electron chi connectivity index (χ3n) is 4.50. The Hall–Kier alpha value is -2.18. The molecule has 0 aliphatic carbocycles. The zero-order valence-electron chi connectivity index (χ0n) is 14.6. The maximum absolute atomic E-state index is 4.48. The second-order valence-corrected chi connectivity index (χ2v) is 6.06. The average molecular weight is 306 g/mol. The molecule has 0 aliphatic heterocycles. The van der Waals surface area contributed by atoms with Crippen LogP contribution in [0.1, 0.15) is 63.5 Å². The third-order valence-corrected chi connectivity index (χ3v) is 4.50. The minimum atomic E-state index is 0.490. The molecule has 0 fully saturated rings. The van der Waals surface area contributed by atoms with Crippen LogP contribution in [0.3, 0.4) is 0 Å². The van der Waals surface area contributed by atoms with E-state index in [1.165, 1.54) is 11.1 Å². The fraction of sp³-hybridized carbons (Fsp3) is 0.381. The smallest absolute Gasteiger partial charge is 0.100 e. The van der Waals surface area contributed by atoms with Crippen LogP contribution < -0.4 is 0 Å². The summed E-state index contributed by atoms with van der Waals surface area (Å²) in [6, 6.07) is 19.4. The lowest BCUT2D eigenvalue weighted by molar-refractivity contribution is 0.734. The minimum Gasteiger partial charge on any atom is -0.187 e. The second kappa shape index (κ2) is 8.45. The van der Waals surface area contributed by atoms with Crippen molar-refractivity contribution in [3.8, 4) is 0 Å². The molecule has 0 amide bonds. The van der Waals surface area contributed by atoms with Crippen LogP contribution in [0.5, 0.6) is 0 Å². The summed E-state index contributed by atoms with van der Waals surface area (Å²) in [5, 5.41) is 0. The van der Waals surface area contributed by atoms with Crippen molar-refractivity contribution >= 4 is 17.4 Å². The van der Waals surface area contributed by atoms with E-state index in [2.05, 4.69) is 68.0 Å². The molecular formula is C21H26N2. The van der Waals surface area contributed by atoms with Crippen LogP contribution in [0.25, 0.3) is 0 Å². The van der Waals surface area contributed by atoms with Gasteiger partial charge < -0.3 is 0 Å². The summed E-state index contributed by atoms with van der Waals surface area (Å²) in [5.74, 6) is 0.980. The number of rotatable bonds is 6. The first-order valence-electron chi connectivity index (χ1n) is 8.51. The molecule has 2 aromatic carbocycles. The lowest BCUT2D eigenvalue weighted by Crippen LogP contribution is -1.91. The Kier molecular flexibility index (Phi) is 6.31. The first kappa shape index (κ1) is 17.2. The van der Waals surface area contributed by atoms with E-state index in [0.717, 1.165) is 24.2 Å². The highest BCUT2D eigenvalue weighted by molar-refractivity contribution is 5.62. The standard InChI is InChI=1S/C21H26N2/c1-5-16(3)18-11-7-9-13-20(18)22-15-23-21-14-10-8-12-19(21)17(4)6-2/h7-14,16-17H,5-6H2,1-4H3. The summed E-state index contributed by atoms with van der Waals surface area (Å²) in [4.78, 5) is 8.96. The first-order chi connectivity index (χ1) is 11.2. The molecule has 0 aliphatic rings. The summed E-state index contributed by atoms with van der Waals surface area (Å²) in [6.45, 7) is 8.84. The Bertz CT molecular complexity index is 639. The van der Waals surface area contributed by atoms with Gasteiger partial charge in [0.2, 0.25) is 0 Å². The Labute approximate surface area is 140 Å². The zero-order chi connectivity index (χ0) is 16.7. The SMILES string of the molecule is CCC(C)c1ccccc1N=C=Nc1ccccc1C(C)CC. The van der Waals surface area contributed by atoms with Gasteiger partial charge in [0, 0.05) is 0 Å². The molecular weight excluding hydrogens is 280 g/mol. The van der Waals surface area contributed by atoms with Crippen molar-refractivity contribution < 1.29 is 0 Å². The Balaban J connectivity index is 2.33. The van der Waals surface area contributed by atoms with E-state index in [0.29, 0.717) is 11.8 Å². The van der Waals surface area contributed by atoms with Gasteiger partial charge in [0.25, 0.3) is 0 Å². The maximum Gasteiger partial charge on any atom is 0.100 e. The molecule has 0 spiro atoms. The van der Waals surface area contributed by atoms with Gasteiger partial charge in [-0.25, -0.2) is 0 Å². The lowest BCUT2D eigenvalue weighted by atomic mass is 9.97. The van der Waals surface area contributed by atoms with Crippen LogP contribution in [0.2, 0.25) is 0 Å². The molecule has 0 aromatic heterocycles. The molecule has 0 N–H and O–H groups in total. The van der Waals surface area contributed by atoms with Gasteiger partial charge >= 0.3 is 0 Å². The van der Waals surface area contributed by atoms with E-state index in [1.807, 2.05) is 24.3 Å². The largest absolute Gasteiger partial charge is 0.187 e. The molecule has 0 radical (unpaired) electrons. The van der Waals surface area contributed by atoms with Gasteiger partial charge in [-0.15, -0.1) is 0 Å². The molecule has 0 saturated carbocycles. The van der Waals surface area contributed by atoms with Gasteiger partial charge in [0.1, 0.15) is 6.01 Å². The number of benzene rings is 2. The number of nitrogens with zero attached hydrogens (tertiary/aromatic N) is 2. The molecule has 2 unspecified atom stereocenters. The van der Waals surface area contributed by atoms with Crippen LogP contribution in [0.15, 0.2) is 58.5 Å². The summed E-state index contributed by atoms with van der Waals surface area (Å²) < 4.78 is 0.